The molecule has 0 aromatic heterocycles. The van der Waals surface area contributed by atoms with Crippen molar-refractivity contribution in [2.24, 2.45) is 0 Å². The monoisotopic (exact) mass is 315 g/mol. The maximum atomic E-state index is 12.2. The first-order valence-corrected chi connectivity index (χ1v) is 8.36. The first-order chi connectivity index (χ1) is 9.92. The molecule has 0 aliphatic rings. The Kier molecular flexibility index (Phi) is 6.57. The van der Waals surface area contributed by atoms with Crippen molar-refractivity contribution in [2.45, 2.75) is 37.5 Å². The van der Waals surface area contributed by atoms with Crippen molar-refractivity contribution in [3.63, 3.8) is 0 Å². The Morgan fingerprint density at radius 2 is 1.95 bits per heavy atom. The van der Waals surface area contributed by atoms with Crippen molar-refractivity contribution < 1.29 is 13.3 Å². The SMILES string of the molecule is CCCCCCNS(=O)(=O)c1ccc(NC)cc1[N+](=O)[O-]. The van der Waals surface area contributed by atoms with Crippen LogP contribution in [0.4, 0.5) is 11.4 Å². The molecule has 0 atom stereocenters. The van der Waals surface area contributed by atoms with E-state index in [4.69, 9.17) is 0 Å². The highest BCUT2D eigenvalue weighted by Crippen LogP contribution is 2.26. The molecular formula is C13H21N3O4S. The second-order valence-corrected chi connectivity index (χ2v) is 6.38. The molecule has 0 fully saturated rings. The predicted molar refractivity (Wildman–Crippen MR) is 82.0 cm³/mol. The number of unbranched alkanes of at least 4 members (excludes halogenated alkanes) is 3. The van der Waals surface area contributed by atoms with Gasteiger partial charge in [0.25, 0.3) is 5.69 Å². The summed E-state index contributed by atoms with van der Waals surface area (Å²) in [5, 5.41) is 13.8. The first kappa shape index (κ1) is 17.4. The summed E-state index contributed by atoms with van der Waals surface area (Å²) in [6.45, 7) is 2.35. The number of hydrogen-bond acceptors (Lipinski definition) is 5. The molecule has 0 spiro atoms. The molecule has 0 aliphatic carbocycles. The lowest BCUT2D eigenvalue weighted by Crippen LogP contribution is -2.25. The van der Waals surface area contributed by atoms with Crippen molar-refractivity contribution in [2.75, 3.05) is 18.9 Å². The minimum Gasteiger partial charge on any atom is -0.388 e. The van der Waals surface area contributed by atoms with Crippen LogP contribution in [0.2, 0.25) is 0 Å². The van der Waals surface area contributed by atoms with Gasteiger partial charge in [0.1, 0.15) is 0 Å². The lowest BCUT2D eigenvalue weighted by Gasteiger charge is -2.08. The summed E-state index contributed by atoms with van der Waals surface area (Å²) in [6.07, 6.45) is 3.75. The van der Waals surface area contributed by atoms with Crippen LogP contribution in [0.25, 0.3) is 0 Å². The number of nitro benzene ring substituents is 1. The van der Waals surface area contributed by atoms with E-state index in [2.05, 4.69) is 17.0 Å². The number of hydrogen-bond donors (Lipinski definition) is 2. The molecular weight excluding hydrogens is 294 g/mol. The molecule has 0 aliphatic heterocycles. The van der Waals surface area contributed by atoms with Crippen molar-refractivity contribution in [3.05, 3.63) is 28.3 Å². The Balaban J connectivity index is 2.89. The number of nitro groups is 1. The van der Waals surface area contributed by atoms with E-state index in [9.17, 15) is 18.5 Å². The van der Waals surface area contributed by atoms with Crippen LogP contribution in [0.3, 0.4) is 0 Å². The number of rotatable bonds is 9. The van der Waals surface area contributed by atoms with Crippen molar-refractivity contribution >= 4 is 21.4 Å². The van der Waals surface area contributed by atoms with Gasteiger partial charge in [-0.3, -0.25) is 10.1 Å². The van der Waals surface area contributed by atoms with Crippen LogP contribution in [0, 0.1) is 10.1 Å². The molecule has 21 heavy (non-hydrogen) atoms. The third-order valence-electron chi connectivity index (χ3n) is 3.06. The average molecular weight is 315 g/mol. The summed E-state index contributed by atoms with van der Waals surface area (Å²) in [5.41, 5.74) is 0.0616. The van der Waals surface area contributed by atoms with Gasteiger partial charge in [-0.2, -0.15) is 0 Å². The Labute approximate surface area is 124 Å². The highest BCUT2D eigenvalue weighted by molar-refractivity contribution is 7.89. The zero-order valence-electron chi connectivity index (χ0n) is 12.3. The van der Waals surface area contributed by atoms with E-state index in [1.54, 1.807) is 7.05 Å². The zero-order chi connectivity index (χ0) is 15.9. The fourth-order valence-corrected chi connectivity index (χ4v) is 3.10. The maximum Gasteiger partial charge on any atom is 0.291 e. The van der Waals surface area contributed by atoms with Crippen LogP contribution in [0.5, 0.6) is 0 Å². The molecule has 0 radical (unpaired) electrons. The van der Waals surface area contributed by atoms with Gasteiger partial charge in [-0.05, 0) is 18.6 Å². The largest absolute Gasteiger partial charge is 0.388 e. The van der Waals surface area contributed by atoms with Gasteiger partial charge in [0.05, 0.1) is 4.92 Å². The van der Waals surface area contributed by atoms with Crippen molar-refractivity contribution in [1.82, 2.24) is 4.72 Å². The fourth-order valence-electron chi connectivity index (χ4n) is 1.88. The minimum absolute atomic E-state index is 0.285. The zero-order valence-corrected chi connectivity index (χ0v) is 13.1. The third kappa shape index (κ3) is 4.98. The molecule has 0 saturated heterocycles. The molecule has 2 N–H and O–H groups in total. The normalized spacial score (nSPS) is 11.3. The van der Waals surface area contributed by atoms with Crippen LogP contribution in [-0.4, -0.2) is 26.9 Å². The molecule has 118 valence electrons. The molecule has 0 amide bonds. The number of benzene rings is 1. The van der Waals surface area contributed by atoms with Gasteiger partial charge in [-0.1, -0.05) is 26.2 Å². The van der Waals surface area contributed by atoms with E-state index in [0.717, 1.165) is 25.7 Å². The van der Waals surface area contributed by atoms with Gasteiger partial charge >= 0.3 is 0 Å². The van der Waals surface area contributed by atoms with Crippen molar-refractivity contribution in [1.29, 1.82) is 0 Å². The van der Waals surface area contributed by atoms with E-state index in [-0.39, 0.29) is 11.4 Å². The summed E-state index contributed by atoms with van der Waals surface area (Å²) in [4.78, 5) is 10.0. The average Bonchev–Trinajstić information content (AvgIpc) is 2.46. The van der Waals surface area contributed by atoms with E-state index in [1.165, 1.54) is 18.2 Å². The molecule has 0 unspecified atom stereocenters. The molecule has 0 saturated carbocycles. The summed E-state index contributed by atoms with van der Waals surface area (Å²) in [7, 11) is -2.26. The quantitative estimate of drug-likeness (QED) is 0.414. The smallest absolute Gasteiger partial charge is 0.291 e. The third-order valence-corrected chi connectivity index (χ3v) is 4.56. The topological polar surface area (TPSA) is 101 Å². The summed E-state index contributed by atoms with van der Waals surface area (Å²) in [5.74, 6) is 0. The predicted octanol–water partition coefficient (Wildman–Crippen LogP) is 2.50. The van der Waals surface area contributed by atoms with E-state index in [1.807, 2.05) is 0 Å². The van der Waals surface area contributed by atoms with Crippen LogP contribution < -0.4 is 10.0 Å². The second kappa shape index (κ2) is 7.94. The van der Waals surface area contributed by atoms with Crippen LogP contribution in [0.15, 0.2) is 23.1 Å². The second-order valence-electron chi connectivity index (χ2n) is 4.65. The van der Waals surface area contributed by atoms with E-state index < -0.39 is 20.6 Å². The van der Waals surface area contributed by atoms with Gasteiger partial charge < -0.3 is 5.32 Å². The number of nitrogens with zero attached hydrogens (tertiary/aromatic N) is 1. The van der Waals surface area contributed by atoms with E-state index in [0.29, 0.717) is 5.69 Å². The standard InChI is InChI=1S/C13H21N3O4S/c1-3-4-5-6-9-15-21(19,20)13-8-7-11(14-2)10-12(13)16(17)18/h7-8,10,14-15H,3-6,9H2,1-2H3. The minimum atomic E-state index is -3.87. The molecule has 1 aromatic rings. The van der Waals surface area contributed by atoms with Gasteiger partial charge in [-0.15, -0.1) is 0 Å². The number of nitrogens with one attached hydrogen (secondary N) is 2. The first-order valence-electron chi connectivity index (χ1n) is 6.88. The lowest BCUT2D eigenvalue weighted by atomic mass is 10.2. The maximum absolute atomic E-state index is 12.2. The summed E-state index contributed by atoms with van der Waals surface area (Å²) in [6, 6.07) is 3.96. The van der Waals surface area contributed by atoms with Crippen molar-refractivity contribution in [3.8, 4) is 0 Å². The Bertz CT molecular complexity index is 587. The summed E-state index contributed by atoms with van der Waals surface area (Å²) < 4.78 is 26.7. The summed E-state index contributed by atoms with van der Waals surface area (Å²) >= 11 is 0. The number of anilines is 1. The molecule has 1 aromatic carbocycles. The molecule has 1 rings (SSSR count). The molecule has 7 nitrogen and oxygen atoms in total. The van der Waals surface area contributed by atoms with Crippen LogP contribution in [0.1, 0.15) is 32.6 Å². The fraction of sp³-hybridized carbons (Fsp3) is 0.538. The molecule has 8 heteroatoms. The van der Waals surface area contributed by atoms with Crippen LogP contribution in [-0.2, 0) is 10.0 Å². The van der Waals surface area contributed by atoms with Gasteiger partial charge in [0.15, 0.2) is 4.90 Å². The van der Waals surface area contributed by atoms with E-state index >= 15 is 0 Å². The Morgan fingerprint density at radius 1 is 1.24 bits per heavy atom. The number of sulfonamides is 1. The highest BCUT2D eigenvalue weighted by Gasteiger charge is 2.25. The van der Waals surface area contributed by atoms with Gasteiger partial charge in [-0.25, -0.2) is 13.1 Å². The Hall–Kier alpha value is -1.67. The Morgan fingerprint density at radius 3 is 2.52 bits per heavy atom. The lowest BCUT2D eigenvalue weighted by molar-refractivity contribution is -0.387. The van der Waals surface area contributed by atoms with Gasteiger partial charge in [0, 0.05) is 25.3 Å². The van der Waals surface area contributed by atoms with Crippen LogP contribution >= 0.6 is 0 Å². The molecule has 0 heterocycles. The van der Waals surface area contributed by atoms with Gasteiger partial charge in [0.2, 0.25) is 10.0 Å². The highest BCUT2D eigenvalue weighted by atomic mass is 32.2. The molecule has 0 bridgehead atoms.